The number of aliphatic imine (C=N–C) groups is 1. The maximum atomic E-state index is 13.2. The van der Waals surface area contributed by atoms with E-state index in [0.29, 0.717) is 25.7 Å². The maximum absolute atomic E-state index is 13.2. The van der Waals surface area contributed by atoms with Gasteiger partial charge in [-0.25, -0.2) is 4.79 Å². The van der Waals surface area contributed by atoms with Crippen LogP contribution in [0.15, 0.2) is 4.99 Å². The molecule has 0 spiro atoms. The number of nitrogens with one attached hydrogen (secondary N) is 2. The van der Waals surface area contributed by atoms with E-state index in [-0.39, 0.29) is 31.4 Å². The number of carboxylic acids is 1. The van der Waals surface area contributed by atoms with Crippen molar-refractivity contribution in [3.05, 3.63) is 0 Å². The molecule has 1 rings (SSSR count). The lowest BCUT2D eigenvalue weighted by Crippen LogP contribution is -2.59. The normalized spacial score (nSPS) is 19.2. The van der Waals surface area contributed by atoms with Gasteiger partial charge in [-0.3, -0.25) is 19.4 Å². The van der Waals surface area contributed by atoms with Crippen molar-refractivity contribution in [1.29, 1.82) is 0 Å². The van der Waals surface area contributed by atoms with Crippen LogP contribution in [0.3, 0.4) is 0 Å². The molecule has 0 saturated carbocycles. The zero-order valence-corrected chi connectivity index (χ0v) is 19.2. The van der Waals surface area contributed by atoms with E-state index in [1.54, 1.807) is 6.92 Å². The van der Waals surface area contributed by atoms with E-state index in [4.69, 9.17) is 22.3 Å². The minimum absolute atomic E-state index is 0.104. The van der Waals surface area contributed by atoms with Gasteiger partial charge in [0.25, 0.3) is 0 Å². The van der Waals surface area contributed by atoms with Crippen LogP contribution in [0.1, 0.15) is 46.0 Å². The molecule has 0 aromatic heterocycles. The summed E-state index contributed by atoms with van der Waals surface area (Å²) in [5.74, 6) is -3.32. The van der Waals surface area contributed by atoms with Crippen molar-refractivity contribution in [2.75, 3.05) is 19.7 Å². The van der Waals surface area contributed by atoms with Crippen LogP contribution in [0.25, 0.3) is 0 Å². The highest BCUT2D eigenvalue weighted by atomic mass is 16.4. The van der Waals surface area contributed by atoms with E-state index in [0.717, 1.165) is 0 Å². The fourth-order valence-electron chi connectivity index (χ4n) is 3.55. The average molecular weight is 472 g/mol. The summed E-state index contributed by atoms with van der Waals surface area (Å²) < 4.78 is 0. The molecule has 0 aromatic rings. The summed E-state index contributed by atoms with van der Waals surface area (Å²) in [6.45, 7) is 3.50. The van der Waals surface area contributed by atoms with Crippen LogP contribution in [-0.4, -0.2) is 88.6 Å². The summed E-state index contributed by atoms with van der Waals surface area (Å²) in [5, 5.41) is 23.7. The van der Waals surface area contributed by atoms with Crippen molar-refractivity contribution >= 4 is 29.7 Å². The molecule has 13 nitrogen and oxygen atoms in total. The van der Waals surface area contributed by atoms with Crippen molar-refractivity contribution in [2.24, 2.45) is 28.1 Å². The number of nitrogens with zero attached hydrogens (tertiary/aromatic N) is 2. The molecule has 1 fully saturated rings. The van der Waals surface area contributed by atoms with Gasteiger partial charge >= 0.3 is 5.97 Å². The van der Waals surface area contributed by atoms with Gasteiger partial charge in [0.05, 0.1) is 6.61 Å². The van der Waals surface area contributed by atoms with Gasteiger partial charge in [-0.2, -0.15) is 0 Å². The average Bonchev–Trinajstić information content (AvgIpc) is 3.27. The van der Waals surface area contributed by atoms with Crippen molar-refractivity contribution in [2.45, 2.75) is 70.1 Å². The van der Waals surface area contributed by atoms with Crippen LogP contribution in [0.5, 0.6) is 0 Å². The summed E-state index contributed by atoms with van der Waals surface area (Å²) in [4.78, 5) is 55.1. The first-order valence-electron chi connectivity index (χ1n) is 11.1. The van der Waals surface area contributed by atoms with Gasteiger partial charge in [0.1, 0.15) is 24.2 Å². The minimum Gasteiger partial charge on any atom is -0.480 e. The smallest absolute Gasteiger partial charge is 0.326 e. The molecule has 10 N–H and O–H groups in total. The standard InChI is InChI=1S/C20H37N7O6/c1-3-11(2)15(26-16(29)12(21)10-28)17(30)25-13(6-4-8-24-20(22)23)18(31)27-9-5-7-14(27)19(32)33/h11-15,28H,3-10,21H2,1-2H3,(H,25,30)(H,26,29)(H,32,33)(H4,22,23,24). The van der Waals surface area contributed by atoms with E-state index < -0.39 is 54.5 Å². The fraction of sp³-hybridized carbons (Fsp3) is 0.750. The molecule has 13 heteroatoms. The van der Waals surface area contributed by atoms with Gasteiger partial charge in [-0.15, -0.1) is 0 Å². The number of aliphatic hydroxyl groups excluding tert-OH is 1. The first-order valence-corrected chi connectivity index (χ1v) is 11.1. The molecule has 0 aromatic carbocycles. The Kier molecular flexibility index (Phi) is 11.6. The van der Waals surface area contributed by atoms with Gasteiger partial charge in [0.2, 0.25) is 17.7 Å². The Morgan fingerprint density at radius 2 is 1.85 bits per heavy atom. The lowest BCUT2D eigenvalue weighted by Gasteiger charge is -2.30. The Hall–Kier alpha value is -2.93. The van der Waals surface area contributed by atoms with Crippen LogP contribution in [0, 0.1) is 5.92 Å². The molecule has 0 aliphatic carbocycles. The second-order valence-corrected chi connectivity index (χ2v) is 8.20. The Morgan fingerprint density at radius 3 is 2.39 bits per heavy atom. The Bertz CT molecular complexity index is 728. The molecule has 0 radical (unpaired) electrons. The zero-order valence-electron chi connectivity index (χ0n) is 19.2. The Morgan fingerprint density at radius 1 is 1.18 bits per heavy atom. The predicted molar refractivity (Wildman–Crippen MR) is 121 cm³/mol. The summed E-state index contributed by atoms with van der Waals surface area (Å²) >= 11 is 0. The fourth-order valence-corrected chi connectivity index (χ4v) is 3.55. The highest BCUT2D eigenvalue weighted by molar-refractivity contribution is 5.94. The summed E-state index contributed by atoms with van der Waals surface area (Å²) in [6.07, 6.45) is 1.95. The van der Waals surface area contributed by atoms with E-state index >= 15 is 0 Å². The summed E-state index contributed by atoms with van der Waals surface area (Å²) in [5.41, 5.74) is 16.2. The van der Waals surface area contributed by atoms with Crippen molar-refractivity contribution in [3.8, 4) is 0 Å². The molecule has 3 amide bonds. The second kappa shape index (κ2) is 13.6. The first kappa shape index (κ1) is 28.1. The number of hydrogen-bond acceptors (Lipinski definition) is 7. The number of carbonyl (C=O) groups excluding carboxylic acids is 3. The summed E-state index contributed by atoms with van der Waals surface area (Å²) in [6, 6.07) is -4.17. The van der Waals surface area contributed by atoms with Crippen molar-refractivity contribution in [1.82, 2.24) is 15.5 Å². The molecule has 5 unspecified atom stereocenters. The molecular formula is C20H37N7O6. The maximum Gasteiger partial charge on any atom is 0.326 e. The number of aliphatic carboxylic acids is 1. The highest BCUT2D eigenvalue weighted by Crippen LogP contribution is 2.20. The third-order valence-corrected chi connectivity index (χ3v) is 5.71. The molecule has 1 saturated heterocycles. The Labute approximate surface area is 193 Å². The van der Waals surface area contributed by atoms with Crippen LogP contribution < -0.4 is 27.8 Å². The topological polar surface area (TPSA) is 226 Å². The predicted octanol–water partition coefficient (Wildman–Crippen LogP) is -2.55. The minimum atomic E-state index is -1.19. The summed E-state index contributed by atoms with van der Waals surface area (Å²) in [7, 11) is 0. The largest absolute Gasteiger partial charge is 0.480 e. The number of hydrogen-bond donors (Lipinski definition) is 7. The van der Waals surface area contributed by atoms with E-state index in [2.05, 4.69) is 15.6 Å². The van der Waals surface area contributed by atoms with Gasteiger partial charge in [0, 0.05) is 13.1 Å². The van der Waals surface area contributed by atoms with Crippen LogP contribution in [-0.2, 0) is 19.2 Å². The van der Waals surface area contributed by atoms with E-state index in [1.165, 1.54) is 4.90 Å². The van der Waals surface area contributed by atoms with Gasteiger partial charge < -0.3 is 42.9 Å². The van der Waals surface area contributed by atoms with E-state index in [9.17, 15) is 24.3 Å². The van der Waals surface area contributed by atoms with Crippen molar-refractivity contribution in [3.63, 3.8) is 0 Å². The van der Waals surface area contributed by atoms with Gasteiger partial charge in [-0.05, 0) is 31.6 Å². The lowest BCUT2D eigenvalue weighted by atomic mass is 9.97. The molecule has 1 aliphatic heterocycles. The number of guanidine groups is 1. The van der Waals surface area contributed by atoms with Crippen LogP contribution >= 0.6 is 0 Å². The van der Waals surface area contributed by atoms with Gasteiger partial charge in [0.15, 0.2) is 5.96 Å². The number of carbonyl (C=O) groups is 4. The Balaban J connectivity index is 3.05. The van der Waals surface area contributed by atoms with E-state index in [1.807, 2.05) is 6.92 Å². The third kappa shape index (κ3) is 8.50. The molecule has 5 atom stereocenters. The first-order chi connectivity index (χ1) is 15.5. The molecule has 0 bridgehead atoms. The van der Waals surface area contributed by atoms with Crippen LogP contribution in [0.4, 0.5) is 0 Å². The molecule has 1 aliphatic rings. The second-order valence-electron chi connectivity index (χ2n) is 8.20. The number of rotatable bonds is 13. The van der Waals surface area contributed by atoms with Crippen molar-refractivity contribution < 1.29 is 29.4 Å². The number of amides is 3. The SMILES string of the molecule is CCC(C)C(NC(=O)C(N)CO)C(=O)NC(CCCN=C(N)N)C(=O)N1CCCC1C(=O)O. The third-order valence-electron chi connectivity index (χ3n) is 5.71. The lowest BCUT2D eigenvalue weighted by molar-refractivity contribution is -0.149. The number of carboxylic acid groups (broad SMARTS) is 1. The number of likely N-dealkylation sites (tertiary alicyclic amines) is 1. The highest BCUT2D eigenvalue weighted by Gasteiger charge is 2.38. The molecular weight excluding hydrogens is 434 g/mol. The number of nitrogens with two attached hydrogens (primary N) is 3. The molecule has 1 heterocycles. The quantitative estimate of drug-likeness (QED) is 0.0850. The monoisotopic (exact) mass is 471 g/mol. The zero-order chi connectivity index (χ0) is 25.1. The molecule has 188 valence electrons. The van der Waals surface area contributed by atoms with Gasteiger partial charge in [-0.1, -0.05) is 20.3 Å². The van der Waals surface area contributed by atoms with Crippen LogP contribution in [0.2, 0.25) is 0 Å². The number of aliphatic hydroxyl groups is 1. The molecule has 33 heavy (non-hydrogen) atoms.